The van der Waals surface area contributed by atoms with Crippen LogP contribution in [0.1, 0.15) is 46.5 Å². The zero-order chi connectivity index (χ0) is 14.0. The smallest absolute Gasteiger partial charge is 0.0498 e. The molecule has 19 heavy (non-hydrogen) atoms. The van der Waals surface area contributed by atoms with E-state index in [4.69, 9.17) is 0 Å². The molecule has 106 valence electrons. The van der Waals surface area contributed by atoms with E-state index in [1.54, 1.807) is 0 Å². The van der Waals surface area contributed by atoms with Crippen molar-refractivity contribution in [1.29, 1.82) is 0 Å². The fourth-order valence-corrected chi connectivity index (χ4v) is 3.65. The number of halogens is 2. The van der Waals surface area contributed by atoms with E-state index < -0.39 is 0 Å². The van der Waals surface area contributed by atoms with Gasteiger partial charge in [-0.25, -0.2) is 0 Å². The molecule has 0 heterocycles. The molecular formula is C16H23Br2N. The van der Waals surface area contributed by atoms with Crippen LogP contribution in [0.2, 0.25) is 0 Å². The lowest BCUT2D eigenvalue weighted by Gasteiger charge is -2.37. The van der Waals surface area contributed by atoms with E-state index in [2.05, 4.69) is 76.1 Å². The number of anilines is 1. The van der Waals surface area contributed by atoms with E-state index in [0.717, 1.165) is 14.9 Å². The molecule has 0 aliphatic heterocycles. The van der Waals surface area contributed by atoms with Gasteiger partial charge in [-0.15, -0.1) is 0 Å². The number of benzene rings is 1. The third-order valence-corrected chi connectivity index (χ3v) is 5.42. The maximum atomic E-state index is 3.69. The lowest BCUT2D eigenvalue weighted by molar-refractivity contribution is 0.173. The highest BCUT2D eigenvalue weighted by atomic mass is 79.9. The van der Waals surface area contributed by atoms with Crippen LogP contribution in [-0.4, -0.2) is 6.04 Å². The van der Waals surface area contributed by atoms with Gasteiger partial charge in [-0.1, -0.05) is 36.7 Å². The highest BCUT2D eigenvalue weighted by molar-refractivity contribution is 9.11. The van der Waals surface area contributed by atoms with Crippen LogP contribution in [0.5, 0.6) is 0 Å². The van der Waals surface area contributed by atoms with E-state index in [1.807, 2.05) is 0 Å². The van der Waals surface area contributed by atoms with Crippen molar-refractivity contribution in [3.63, 3.8) is 0 Å². The first-order valence-electron chi connectivity index (χ1n) is 7.08. The van der Waals surface area contributed by atoms with Gasteiger partial charge in [0.1, 0.15) is 0 Å². The molecule has 0 bridgehead atoms. The first-order chi connectivity index (χ1) is 8.86. The maximum Gasteiger partial charge on any atom is 0.0498 e. The summed E-state index contributed by atoms with van der Waals surface area (Å²) in [5, 5.41) is 3.69. The lowest BCUT2D eigenvalue weighted by atomic mass is 9.71. The summed E-state index contributed by atoms with van der Waals surface area (Å²) in [6.07, 6.45) is 5.24. The molecule has 1 nitrogen and oxygen atoms in total. The van der Waals surface area contributed by atoms with Crippen LogP contribution < -0.4 is 5.32 Å². The van der Waals surface area contributed by atoms with Crippen molar-refractivity contribution in [2.75, 3.05) is 5.32 Å². The van der Waals surface area contributed by atoms with Crippen molar-refractivity contribution >= 4 is 37.5 Å². The minimum absolute atomic E-state index is 0.460. The molecule has 1 saturated carbocycles. The molecule has 1 aliphatic carbocycles. The first-order valence-corrected chi connectivity index (χ1v) is 8.66. The van der Waals surface area contributed by atoms with Gasteiger partial charge in [0.25, 0.3) is 0 Å². The number of rotatable bonds is 2. The van der Waals surface area contributed by atoms with Gasteiger partial charge in [-0.3, -0.25) is 0 Å². The second-order valence-corrected chi connectivity index (χ2v) is 8.45. The molecule has 0 radical (unpaired) electrons. The number of hydrogen-bond acceptors (Lipinski definition) is 1. The fraction of sp³-hybridized carbons (Fsp3) is 0.625. The Morgan fingerprint density at radius 2 is 1.68 bits per heavy atom. The molecule has 1 aromatic carbocycles. The molecule has 0 amide bonds. The largest absolute Gasteiger partial charge is 0.381 e. The predicted molar refractivity (Wildman–Crippen MR) is 90.7 cm³/mol. The monoisotopic (exact) mass is 387 g/mol. The highest BCUT2D eigenvalue weighted by Crippen LogP contribution is 2.39. The Bertz CT molecular complexity index is 429. The average molecular weight is 389 g/mol. The summed E-state index contributed by atoms with van der Waals surface area (Å²) in [5.41, 5.74) is 1.66. The van der Waals surface area contributed by atoms with Crippen LogP contribution in [0.15, 0.2) is 27.1 Å². The molecule has 1 fully saturated rings. The van der Waals surface area contributed by atoms with Crippen molar-refractivity contribution in [3.05, 3.63) is 27.1 Å². The molecule has 2 rings (SSSR count). The van der Waals surface area contributed by atoms with E-state index >= 15 is 0 Å². The number of hydrogen-bond donors (Lipinski definition) is 1. The topological polar surface area (TPSA) is 12.0 Å². The normalized spacial score (nSPS) is 24.3. The van der Waals surface area contributed by atoms with Gasteiger partial charge < -0.3 is 5.32 Å². The van der Waals surface area contributed by atoms with Crippen LogP contribution >= 0.6 is 31.9 Å². The summed E-state index contributed by atoms with van der Waals surface area (Å²) >= 11 is 7.15. The third kappa shape index (κ3) is 4.22. The Balaban J connectivity index is 1.94. The van der Waals surface area contributed by atoms with Crippen LogP contribution in [0.25, 0.3) is 0 Å². The summed E-state index contributed by atoms with van der Waals surface area (Å²) in [6, 6.07) is 6.92. The summed E-state index contributed by atoms with van der Waals surface area (Å²) in [4.78, 5) is 0. The van der Waals surface area contributed by atoms with Crippen molar-refractivity contribution in [1.82, 2.24) is 0 Å². The standard InChI is InChI=1S/C16H23Br2N/c1-16(2,3)11-4-7-13(8-5-11)19-15-10-12(17)6-9-14(15)18/h6,9-11,13,19H,4-5,7-8H2,1-3H3. The van der Waals surface area contributed by atoms with Gasteiger partial charge in [0.15, 0.2) is 0 Å². The Morgan fingerprint density at radius 1 is 1.05 bits per heavy atom. The zero-order valence-corrected chi connectivity index (χ0v) is 15.1. The molecule has 1 aromatic rings. The van der Waals surface area contributed by atoms with Crippen molar-refractivity contribution in [2.45, 2.75) is 52.5 Å². The van der Waals surface area contributed by atoms with Gasteiger partial charge in [0.05, 0.1) is 0 Å². The minimum Gasteiger partial charge on any atom is -0.381 e. The van der Waals surface area contributed by atoms with E-state index in [0.29, 0.717) is 11.5 Å². The Hall–Kier alpha value is -0.0200. The molecule has 3 heteroatoms. The summed E-state index contributed by atoms with van der Waals surface area (Å²) in [5.74, 6) is 0.872. The Morgan fingerprint density at radius 3 is 2.26 bits per heavy atom. The van der Waals surface area contributed by atoms with E-state index in [9.17, 15) is 0 Å². The van der Waals surface area contributed by atoms with Gasteiger partial charge in [0, 0.05) is 20.7 Å². The third-order valence-electron chi connectivity index (χ3n) is 4.24. The summed E-state index contributed by atoms with van der Waals surface area (Å²) in [7, 11) is 0. The van der Waals surface area contributed by atoms with Crippen LogP contribution in [0, 0.1) is 11.3 Å². The molecule has 0 atom stereocenters. The van der Waals surface area contributed by atoms with Crippen LogP contribution in [0.3, 0.4) is 0 Å². The molecular weight excluding hydrogens is 366 g/mol. The molecule has 1 N–H and O–H groups in total. The average Bonchev–Trinajstić information content (AvgIpc) is 2.33. The van der Waals surface area contributed by atoms with Gasteiger partial charge in [-0.05, 0) is 71.1 Å². The van der Waals surface area contributed by atoms with Crippen molar-refractivity contribution < 1.29 is 0 Å². The fourth-order valence-electron chi connectivity index (χ4n) is 2.93. The van der Waals surface area contributed by atoms with Crippen LogP contribution in [-0.2, 0) is 0 Å². The Labute approximate surface area is 133 Å². The van der Waals surface area contributed by atoms with Gasteiger partial charge in [0.2, 0.25) is 0 Å². The highest BCUT2D eigenvalue weighted by Gasteiger charge is 2.29. The molecule has 0 saturated heterocycles. The molecule has 0 spiro atoms. The summed E-state index contributed by atoms with van der Waals surface area (Å²) in [6.45, 7) is 7.11. The molecule has 0 aromatic heterocycles. The predicted octanol–water partition coefficient (Wildman–Crippen LogP) is 6.23. The minimum atomic E-state index is 0.460. The zero-order valence-electron chi connectivity index (χ0n) is 12.0. The van der Waals surface area contributed by atoms with E-state index in [1.165, 1.54) is 31.4 Å². The number of nitrogens with one attached hydrogen (secondary N) is 1. The summed E-state index contributed by atoms with van der Waals surface area (Å²) < 4.78 is 2.27. The second kappa shape index (κ2) is 6.17. The van der Waals surface area contributed by atoms with Crippen molar-refractivity contribution in [3.8, 4) is 0 Å². The molecule has 0 unspecified atom stereocenters. The quantitative estimate of drug-likeness (QED) is 0.633. The molecule has 1 aliphatic rings. The SMILES string of the molecule is CC(C)(C)C1CCC(Nc2cc(Br)ccc2Br)CC1. The van der Waals surface area contributed by atoms with Crippen LogP contribution in [0.4, 0.5) is 5.69 Å². The first kappa shape index (κ1) is 15.4. The second-order valence-electron chi connectivity index (χ2n) is 6.68. The van der Waals surface area contributed by atoms with Gasteiger partial charge in [-0.2, -0.15) is 0 Å². The lowest BCUT2D eigenvalue weighted by Crippen LogP contribution is -2.31. The van der Waals surface area contributed by atoms with Crippen molar-refractivity contribution in [2.24, 2.45) is 11.3 Å². The van der Waals surface area contributed by atoms with E-state index in [-0.39, 0.29) is 0 Å². The maximum absolute atomic E-state index is 3.69. The van der Waals surface area contributed by atoms with Gasteiger partial charge >= 0.3 is 0 Å². The Kier molecular flexibility index (Phi) is 4.99.